The third-order valence-corrected chi connectivity index (χ3v) is 6.44. The number of hydrogen-bond donors (Lipinski definition) is 2. The van der Waals surface area contributed by atoms with E-state index in [1.54, 1.807) is 17.0 Å². The number of nitrogens with one attached hydrogen (secondary N) is 2. The summed E-state index contributed by atoms with van der Waals surface area (Å²) in [7, 11) is 1.94. The zero-order valence-corrected chi connectivity index (χ0v) is 18.7. The van der Waals surface area contributed by atoms with Gasteiger partial charge in [-0.15, -0.1) is 0 Å². The van der Waals surface area contributed by atoms with Gasteiger partial charge in [0.1, 0.15) is 11.8 Å². The molecule has 2 bridgehead atoms. The lowest BCUT2D eigenvalue weighted by molar-refractivity contribution is -0.130. The van der Waals surface area contributed by atoms with E-state index in [2.05, 4.69) is 10.6 Å². The van der Waals surface area contributed by atoms with Gasteiger partial charge >= 0.3 is 0 Å². The fourth-order valence-corrected chi connectivity index (χ4v) is 4.72. The Labute approximate surface area is 188 Å². The minimum absolute atomic E-state index is 0.0370. The maximum atomic E-state index is 13.4. The SMILES string of the molecule is CC(=O)N[C@@H]1CC[C@H]2CCOc3ccccc3C(=O)N3CCN(C)C[C@H]3C(=O)NC[C@H]1O2. The minimum Gasteiger partial charge on any atom is -0.493 e. The number of para-hydroxylation sites is 1. The number of benzene rings is 1. The Balaban J connectivity index is 1.61. The third kappa shape index (κ3) is 5.05. The second-order valence-electron chi connectivity index (χ2n) is 8.84. The lowest BCUT2D eigenvalue weighted by Gasteiger charge is -2.40. The summed E-state index contributed by atoms with van der Waals surface area (Å²) in [6.07, 6.45) is 1.86. The summed E-state index contributed by atoms with van der Waals surface area (Å²) < 4.78 is 12.3. The molecule has 9 heteroatoms. The van der Waals surface area contributed by atoms with E-state index < -0.39 is 6.04 Å². The Morgan fingerprint density at radius 2 is 1.97 bits per heavy atom. The van der Waals surface area contributed by atoms with Gasteiger partial charge < -0.3 is 29.9 Å². The molecule has 0 saturated carbocycles. The van der Waals surface area contributed by atoms with Crippen LogP contribution in [-0.4, -0.2) is 91.6 Å². The second-order valence-corrected chi connectivity index (χ2v) is 8.84. The molecule has 9 nitrogen and oxygen atoms in total. The smallest absolute Gasteiger partial charge is 0.258 e. The van der Waals surface area contributed by atoms with E-state index >= 15 is 0 Å². The molecule has 32 heavy (non-hydrogen) atoms. The van der Waals surface area contributed by atoms with Crippen molar-refractivity contribution in [1.82, 2.24) is 20.4 Å². The van der Waals surface area contributed by atoms with Crippen LogP contribution in [0.2, 0.25) is 0 Å². The van der Waals surface area contributed by atoms with Crippen LogP contribution in [0.1, 0.15) is 36.5 Å². The fraction of sp³-hybridized carbons (Fsp3) is 0.609. The molecule has 4 atom stereocenters. The van der Waals surface area contributed by atoms with Crippen molar-refractivity contribution in [2.75, 3.05) is 39.8 Å². The molecule has 3 heterocycles. The van der Waals surface area contributed by atoms with Crippen LogP contribution < -0.4 is 15.4 Å². The van der Waals surface area contributed by atoms with Gasteiger partial charge in [-0.2, -0.15) is 0 Å². The summed E-state index contributed by atoms with van der Waals surface area (Å²) in [4.78, 5) is 42.0. The molecule has 3 aliphatic rings. The average molecular weight is 445 g/mol. The molecule has 3 aliphatic heterocycles. The Morgan fingerprint density at radius 1 is 1.16 bits per heavy atom. The lowest BCUT2D eigenvalue weighted by Crippen LogP contribution is -2.61. The molecular weight excluding hydrogens is 412 g/mol. The van der Waals surface area contributed by atoms with Crippen molar-refractivity contribution in [3.63, 3.8) is 0 Å². The predicted octanol–water partition coefficient (Wildman–Crippen LogP) is 0.394. The first-order valence-electron chi connectivity index (χ1n) is 11.3. The van der Waals surface area contributed by atoms with E-state index in [0.717, 1.165) is 12.8 Å². The first kappa shape index (κ1) is 22.5. The number of amides is 3. The van der Waals surface area contributed by atoms with Gasteiger partial charge in [0, 0.05) is 39.5 Å². The van der Waals surface area contributed by atoms with Crippen molar-refractivity contribution in [2.24, 2.45) is 0 Å². The van der Waals surface area contributed by atoms with Crippen LogP contribution in [0.5, 0.6) is 5.75 Å². The molecule has 174 valence electrons. The Morgan fingerprint density at radius 3 is 2.78 bits per heavy atom. The van der Waals surface area contributed by atoms with Crippen LogP contribution >= 0.6 is 0 Å². The summed E-state index contributed by atoms with van der Waals surface area (Å²) in [5.41, 5.74) is 0.472. The zero-order valence-electron chi connectivity index (χ0n) is 18.7. The number of ether oxygens (including phenoxy) is 2. The summed E-state index contributed by atoms with van der Waals surface area (Å²) in [6.45, 7) is 3.78. The van der Waals surface area contributed by atoms with E-state index in [1.165, 1.54) is 6.92 Å². The van der Waals surface area contributed by atoms with Gasteiger partial charge in [0.15, 0.2) is 0 Å². The van der Waals surface area contributed by atoms with Gasteiger partial charge in [-0.25, -0.2) is 0 Å². The maximum absolute atomic E-state index is 13.4. The van der Waals surface area contributed by atoms with Crippen LogP contribution in [0.4, 0.5) is 0 Å². The highest BCUT2D eigenvalue weighted by Crippen LogP contribution is 2.26. The van der Waals surface area contributed by atoms with Crippen molar-refractivity contribution in [3.05, 3.63) is 29.8 Å². The Hall–Kier alpha value is -2.65. The Bertz CT molecular complexity index is 863. The second kappa shape index (κ2) is 9.87. The molecular formula is C23H32N4O5. The number of hydrogen-bond acceptors (Lipinski definition) is 6. The van der Waals surface area contributed by atoms with Crippen molar-refractivity contribution in [1.29, 1.82) is 0 Å². The average Bonchev–Trinajstić information content (AvgIpc) is 2.77. The number of rotatable bonds is 1. The van der Waals surface area contributed by atoms with Crippen LogP contribution in [0.15, 0.2) is 24.3 Å². The minimum atomic E-state index is -0.615. The summed E-state index contributed by atoms with van der Waals surface area (Å²) in [5, 5.41) is 5.94. The highest BCUT2D eigenvalue weighted by atomic mass is 16.5. The van der Waals surface area contributed by atoms with E-state index in [4.69, 9.17) is 9.47 Å². The van der Waals surface area contributed by atoms with Gasteiger partial charge in [-0.05, 0) is 32.0 Å². The molecule has 2 fully saturated rings. The van der Waals surface area contributed by atoms with E-state index in [0.29, 0.717) is 44.0 Å². The van der Waals surface area contributed by atoms with Gasteiger partial charge in [-0.1, -0.05) is 12.1 Å². The zero-order chi connectivity index (χ0) is 22.7. The molecule has 4 rings (SSSR count). The molecule has 3 amide bonds. The quantitative estimate of drug-likeness (QED) is 0.650. The summed E-state index contributed by atoms with van der Waals surface area (Å²) in [6, 6.07) is 6.42. The van der Waals surface area contributed by atoms with E-state index in [-0.39, 0.29) is 42.5 Å². The standard InChI is InChI=1S/C23H32N4O5/c1-15(28)25-18-8-7-16-9-12-31-20-6-4-3-5-17(20)23(30)27-11-10-26(2)14-19(27)22(29)24-13-21(18)32-16/h3-6,16,18-19,21H,7-14H2,1-2H3,(H,24,29)(H,25,28)/t16-,18+,19-,21+/m0/s1. The molecule has 1 aromatic carbocycles. The van der Waals surface area contributed by atoms with Gasteiger partial charge in [0.05, 0.1) is 30.4 Å². The molecule has 0 unspecified atom stereocenters. The third-order valence-electron chi connectivity index (χ3n) is 6.44. The highest BCUT2D eigenvalue weighted by Gasteiger charge is 2.37. The Kier molecular flexibility index (Phi) is 6.95. The van der Waals surface area contributed by atoms with Crippen LogP contribution in [0, 0.1) is 0 Å². The van der Waals surface area contributed by atoms with Crippen LogP contribution in [-0.2, 0) is 14.3 Å². The lowest BCUT2D eigenvalue weighted by atomic mass is 9.96. The molecule has 0 radical (unpaired) electrons. The summed E-state index contributed by atoms with van der Waals surface area (Å²) in [5.74, 6) is -0.00402. The van der Waals surface area contributed by atoms with Crippen LogP contribution in [0.3, 0.4) is 0 Å². The number of nitrogens with zero attached hydrogens (tertiary/aromatic N) is 2. The summed E-state index contributed by atoms with van der Waals surface area (Å²) >= 11 is 0. The molecule has 0 aliphatic carbocycles. The highest BCUT2D eigenvalue weighted by molar-refractivity contribution is 6.00. The molecule has 2 saturated heterocycles. The van der Waals surface area contributed by atoms with E-state index in [1.807, 2.05) is 24.1 Å². The fourth-order valence-electron chi connectivity index (χ4n) is 4.72. The van der Waals surface area contributed by atoms with Gasteiger partial charge in [0.2, 0.25) is 11.8 Å². The van der Waals surface area contributed by atoms with Gasteiger partial charge in [-0.3, -0.25) is 14.4 Å². The monoisotopic (exact) mass is 444 g/mol. The van der Waals surface area contributed by atoms with Crippen molar-refractivity contribution >= 4 is 17.7 Å². The number of carbonyl (C=O) groups is 3. The topological polar surface area (TPSA) is 100 Å². The first-order valence-corrected chi connectivity index (χ1v) is 11.3. The van der Waals surface area contributed by atoms with Crippen molar-refractivity contribution in [2.45, 2.75) is 50.5 Å². The number of likely N-dealkylation sites (N-methyl/N-ethyl adjacent to an activating group) is 1. The predicted molar refractivity (Wildman–Crippen MR) is 117 cm³/mol. The normalized spacial score (nSPS) is 29.6. The van der Waals surface area contributed by atoms with Crippen molar-refractivity contribution in [3.8, 4) is 5.75 Å². The first-order chi connectivity index (χ1) is 15.4. The maximum Gasteiger partial charge on any atom is 0.258 e. The van der Waals surface area contributed by atoms with Gasteiger partial charge in [0.25, 0.3) is 5.91 Å². The largest absolute Gasteiger partial charge is 0.493 e. The van der Waals surface area contributed by atoms with E-state index in [9.17, 15) is 14.4 Å². The molecule has 1 aromatic rings. The molecule has 2 N–H and O–H groups in total. The van der Waals surface area contributed by atoms with Crippen molar-refractivity contribution < 1.29 is 23.9 Å². The number of carbonyl (C=O) groups excluding carboxylic acids is 3. The van der Waals surface area contributed by atoms with Crippen LogP contribution in [0.25, 0.3) is 0 Å². The molecule has 0 spiro atoms. The number of fused-ring (bicyclic) bond motifs is 4. The number of piperazine rings is 1. The molecule has 0 aromatic heterocycles.